The molecule has 2 rings (SSSR count). The van der Waals surface area contributed by atoms with E-state index in [9.17, 15) is 0 Å². The zero-order valence-electron chi connectivity index (χ0n) is 11.4. The van der Waals surface area contributed by atoms with Gasteiger partial charge in [0, 0.05) is 25.4 Å². The molecule has 2 aromatic heterocycles. The molecule has 0 unspecified atom stereocenters. The van der Waals surface area contributed by atoms with Crippen molar-refractivity contribution in [2.75, 3.05) is 0 Å². The van der Waals surface area contributed by atoms with E-state index in [1.54, 1.807) is 6.20 Å². The maximum absolute atomic E-state index is 5.41. The summed E-state index contributed by atoms with van der Waals surface area (Å²) in [6.07, 6.45) is 3.80. The number of hydrogen-bond donors (Lipinski definition) is 1. The Morgan fingerprint density at radius 2 is 2.17 bits per heavy atom. The van der Waals surface area contributed by atoms with Crippen LogP contribution in [-0.2, 0) is 20.1 Å². The van der Waals surface area contributed by atoms with Crippen molar-refractivity contribution in [2.24, 2.45) is 7.05 Å². The van der Waals surface area contributed by atoms with Crippen molar-refractivity contribution in [3.63, 3.8) is 0 Å². The number of rotatable bonds is 5. The highest BCUT2D eigenvalue weighted by Gasteiger charge is 2.11. The van der Waals surface area contributed by atoms with E-state index in [1.807, 2.05) is 18.7 Å². The second-order valence-electron chi connectivity index (χ2n) is 4.84. The highest BCUT2D eigenvalue weighted by Crippen LogP contribution is 2.17. The summed E-state index contributed by atoms with van der Waals surface area (Å²) in [7, 11) is 1.95. The molecule has 0 atom stereocenters. The predicted molar refractivity (Wildman–Crippen MR) is 69.1 cm³/mol. The lowest BCUT2D eigenvalue weighted by Crippen LogP contribution is -2.13. The molecule has 0 aliphatic rings. The van der Waals surface area contributed by atoms with E-state index >= 15 is 0 Å². The number of aryl methyl sites for hydroxylation is 2. The first-order valence-corrected chi connectivity index (χ1v) is 6.20. The standard InChI is InChI=1S/C13H20N4O/c1-9(2)13-11(8-17(4)16-13)6-14-7-12-15-5-10(3)18-12/h5,8-9,14H,6-7H2,1-4H3. The third kappa shape index (κ3) is 2.98. The summed E-state index contributed by atoms with van der Waals surface area (Å²) >= 11 is 0. The number of nitrogens with one attached hydrogen (secondary N) is 1. The van der Waals surface area contributed by atoms with E-state index in [1.165, 1.54) is 5.56 Å². The number of nitrogens with zero attached hydrogens (tertiary/aromatic N) is 3. The molecule has 0 saturated heterocycles. The van der Waals surface area contributed by atoms with Gasteiger partial charge in [0.2, 0.25) is 5.89 Å². The molecule has 5 nitrogen and oxygen atoms in total. The lowest BCUT2D eigenvalue weighted by Gasteiger charge is -2.05. The number of hydrogen-bond acceptors (Lipinski definition) is 4. The van der Waals surface area contributed by atoms with Crippen LogP contribution in [0.4, 0.5) is 0 Å². The van der Waals surface area contributed by atoms with E-state index < -0.39 is 0 Å². The second-order valence-corrected chi connectivity index (χ2v) is 4.84. The third-order valence-electron chi connectivity index (χ3n) is 2.74. The van der Waals surface area contributed by atoms with Crippen molar-refractivity contribution in [1.82, 2.24) is 20.1 Å². The topological polar surface area (TPSA) is 55.9 Å². The highest BCUT2D eigenvalue weighted by molar-refractivity contribution is 5.19. The molecule has 0 fully saturated rings. The van der Waals surface area contributed by atoms with E-state index in [0.717, 1.165) is 23.9 Å². The van der Waals surface area contributed by atoms with Gasteiger partial charge in [-0.2, -0.15) is 5.10 Å². The fourth-order valence-corrected chi connectivity index (χ4v) is 1.96. The lowest BCUT2D eigenvalue weighted by atomic mass is 10.1. The Balaban J connectivity index is 1.94. The lowest BCUT2D eigenvalue weighted by molar-refractivity contribution is 0.448. The van der Waals surface area contributed by atoms with Crippen LogP contribution in [0.25, 0.3) is 0 Å². The van der Waals surface area contributed by atoms with E-state index in [-0.39, 0.29) is 0 Å². The largest absolute Gasteiger partial charge is 0.445 e. The van der Waals surface area contributed by atoms with Crippen LogP contribution in [0.2, 0.25) is 0 Å². The molecule has 0 aliphatic heterocycles. The van der Waals surface area contributed by atoms with Gasteiger partial charge in [0.15, 0.2) is 0 Å². The first-order chi connectivity index (χ1) is 8.56. The Hall–Kier alpha value is -1.62. The summed E-state index contributed by atoms with van der Waals surface area (Å²) in [6, 6.07) is 0. The molecule has 0 aliphatic carbocycles. The molecule has 0 spiro atoms. The van der Waals surface area contributed by atoms with Gasteiger partial charge in [-0.1, -0.05) is 13.8 Å². The van der Waals surface area contributed by atoms with Gasteiger partial charge in [-0.3, -0.25) is 4.68 Å². The average Bonchev–Trinajstić information content (AvgIpc) is 2.85. The maximum Gasteiger partial charge on any atom is 0.208 e. The van der Waals surface area contributed by atoms with Crippen LogP contribution >= 0.6 is 0 Å². The van der Waals surface area contributed by atoms with Crippen molar-refractivity contribution in [1.29, 1.82) is 0 Å². The fourth-order valence-electron chi connectivity index (χ4n) is 1.96. The quantitative estimate of drug-likeness (QED) is 0.880. The summed E-state index contributed by atoms with van der Waals surface area (Å²) in [6.45, 7) is 7.63. The Morgan fingerprint density at radius 1 is 1.39 bits per heavy atom. The molecule has 0 aromatic carbocycles. The van der Waals surface area contributed by atoms with Gasteiger partial charge in [0.25, 0.3) is 0 Å². The molecule has 0 bridgehead atoms. The molecule has 18 heavy (non-hydrogen) atoms. The van der Waals surface area contributed by atoms with Crippen molar-refractivity contribution in [2.45, 2.75) is 39.8 Å². The van der Waals surface area contributed by atoms with Crippen LogP contribution in [-0.4, -0.2) is 14.8 Å². The van der Waals surface area contributed by atoms with Gasteiger partial charge >= 0.3 is 0 Å². The van der Waals surface area contributed by atoms with Crippen LogP contribution in [0, 0.1) is 6.92 Å². The Morgan fingerprint density at radius 3 is 2.78 bits per heavy atom. The summed E-state index contributed by atoms with van der Waals surface area (Å²) in [5.74, 6) is 2.01. The van der Waals surface area contributed by atoms with Crippen LogP contribution in [0.15, 0.2) is 16.8 Å². The molecule has 2 aromatic rings. The zero-order chi connectivity index (χ0) is 13.1. The minimum atomic E-state index is 0.437. The first-order valence-electron chi connectivity index (χ1n) is 6.20. The SMILES string of the molecule is Cc1cnc(CNCc2cn(C)nc2C(C)C)o1. The van der Waals surface area contributed by atoms with E-state index in [4.69, 9.17) is 4.42 Å². The van der Waals surface area contributed by atoms with Crippen molar-refractivity contribution >= 4 is 0 Å². The zero-order valence-corrected chi connectivity index (χ0v) is 11.4. The summed E-state index contributed by atoms with van der Waals surface area (Å²) in [4.78, 5) is 4.16. The average molecular weight is 248 g/mol. The second kappa shape index (κ2) is 5.35. The van der Waals surface area contributed by atoms with E-state index in [0.29, 0.717) is 12.5 Å². The number of aromatic nitrogens is 3. The minimum Gasteiger partial charge on any atom is -0.445 e. The van der Waals surface area contributed by atoms with Crippen molar-refractivity contribution in [3.05, 3.63) is 35.3 Å². The van der Waals surface area contributed by atoms with Crippen molar-refractivity contribution < 1.29 is 4.42 Å². The molecule has 0 amide bonds. The molecule has 1 N–H and O–H groups in total. The smallest absolute Gasteiger partial charge is 0.208 e. The molecular weight excluding hydrogens is 228 g/mol. The highest BCUT2D eigenvalue weighted by atomic mass is 16.4. The van der Waals surface area contributed by atoms with Gasteiger partial charge in [-0.15, -0.1) is 0 Å². The van der Waals surface area contributed by atoms with Gasteiger partial charge in [-0.05, 0) is 12.8 Å². The Bertz CT molecular complexity index is 513. The summed E-state index contributed by atoms with van der Waals surface area (Å²) in [5.41, 5.74) is 2.38. The van der Waals surface area contributed by atoms with Gasteiger partial charge in [-0.25, -0.2) is 4.98 Å². The van der Waals surface area contributed by atoms with Crippen molar-refractivity contribution in [3.8, 4) is 0 Å². The third-order valence-corrected chi connectivity index (χ3v) is 2.74. The van der Waals surface area contributed by atoms with Crippen LogP contribution in [0.5, 0.6) is 0 Å². The number of oxazole rings is 1. The van der Waals surface area contributed by atoms with Gasteiger partial charge in [0.05, 0.1) is 18.4 Å². The van der Waals surface area contributed by atoms with E-state index in [2.05, 4.69) is 35.4 Å². The molecule has 0 radical (unpaired) electrons. The fraction of sp³-hybridized carbons (Fsp3) is 0.538. The van der Waals surface area contributed by atoms with Gasteiger partial charge in [0.1, 0.15) is 5.76 Å². The normalized spacial score (nSPS) is 11.4. The van der Waals surface area contributed by atoms with Gasteiger partial charge < -0.3 is 9.73 Å². The molecule has 5 heteroatoms. The maximum atomic E-state index is 5.41. The monoisotopic (exact) mass is 248 g/mol. The summed E-state index contributed by atoms with van der Waals surface area (Å²) in [5, 5.41) is 7.81. The summed E-state index contributed by atoms with van der Waals surface area (Å²) < 4.78 is 7.27. The molecule has 0 saturated carbocycles. The Kier molecular flexibility index (Phi) is 3.81. The van der Waals surface area contributed by atoms with Crippen LogP contribution in [0.1, 0.15) is 42.7 Å². The van der Waals surface area contributed by atoms with Crippen LogP contribution in [0.3, 0.4) is 0 Å². The molecular formula is C13H20N4O. The van der Waals surface area contributed by atoms with Crippen LogP contribution < -0.4 is 5.32 Å². The first kappa shape index (κ1) is 12.8. The predicted octanol–water partition coefficient (Wildman–Crippen LogP) is 2.13. The Labute approximate surface area is 107 Å². The minimum absolute atomic E-state index is 0.437. The molecule has 2 heterocycles. The molecule has 98 valence electrons.